The highest BCUT2D eigenvalue weighted by atomic mass is 32.2. The number of hydrogen-bond acceptors (Lipinski definition) is 4. The molecular weight excluding hydrogens is 290 g/mol. The first kappa shape index (κ1) is 14.9. The topological polar surface area (TPSA) is 105 Å². The Labute approximate surface area is 123 Å². The SMILES string of the molecule is COc1ccc(NS(=O)(=O)c2cccc(C(=N)N)c2)cc1. The van der Waals surface area contributed by atoms with Gasteiger partial charge in [0.05, 0.1) is 12.0 Å². The molecule has 2 aromatic rings. The molecule has 0 fully saturated rings. The molecule has 0 amide bonds. The zero-order chi connectivity index (χ0) is 15.5. The van der Waals surface area contributed by atoms with Gasteiger partial charge in [0.1, 0.15) is 11.6 Å². The highest BCUT2D eigenvalue weighted by molar-refractivity contribution is 7.92. The van der Waals surface area contributed by atoms with Gasteiger partial charge in [-0.1, -0.05) is 12.1 Å². The molecule has 0 unspecified atom stereocenters. The maximum atomic E-state index is 12.3. The average Bonchev–Trinajstić information content (AvgIpc) is 2.48. The number of nitrogens with one attached hydrogen (secondary N) is 2. The van der Waals surface area contributed by atoms with E-state index in [4.69, 9.17) is 15.9 Å². The number of benzene rings is 2. The Bertz CT molecular complexity index is 755. The van der Waals surface area contributed by atoms with Crippen molar-refractivity contribution in [1.82, 2.24) is 0 Å². The van der Waals surface area contributed by atoms with Crippen molar-refractivity contribution in [2.24, 2.45) is 5.73 Å². The molecule has 0 bridgehead atoms. The minimum atomic E-state index is -3.73. The molecule has 0 aliphatic rings. The first-order valence-electron chi connectivity index (χ1n) is 6.04. The normalized spacial score (nSPS) is 10.9. The van der Waals surface area contributed by atoms with Crippen LogP contribution in [0.4, 0.5) is 5.69 Å². The number of methoxy groups -OCH3 is 1. The molecule has 0 radical (unpaired) electrons. The van der Waals surface area contributed by atoms with Crippen LogP contribution < -0.4 is 15.2 Å². The summed E-state index contributed by atoms with van der Waals surface area (Å²) in [7, 11) is -2.20. The van der Waals surface area contributed by atoms with Crippen molar-refractivity contribution in [3.63, 3.8) is 0 Å². The van der Waals surface area contributed by atoms with Crippen LogP contribution >= 0.6 is 0 Å². The van der Waals surface area contributed by atoms with Crippen LogP contribution in [0.3, 0.4) is 0 Å². The predicted octanol–water partition coefficient (Wildman–Crippen LogP) is 1.78. The number of amidine groups is 1. The summed E-state index contributed by atoms with van der Waals surface area (Å²) in [5.74, 6) is 0.452. The van der Waals surface area contributed by atoms with Gasteiger partial charge < -0.3 is 10.5 Å². The summed E-state index contributed by atoms with van der Waals surface area (Å²) >= 11 is 0. The summed E-state index contributed by atoms with van der Waals surface area (Å²) in [6.45, 7) is 0. The third-order valence-electron chi connectivity index (χ3n) is 2.80. The van der Waals surface area contributed by atoms with Gasteiger partial charge in [-0.3, -0.25) is 10.1 Å². The Morgan fingerprint density at radius 3 is 2.43 bits per heavy atom. The third-order valence-corrected chi connectivity index (χ3v) is 4.18. The number of ether oxygens (including phenoxy) is 1. The van der Waals surface area contributed by atoms with Crippen LogP contribution in [0.5, 0.6) is 5.75 Å². The van der Waals surface area contributed by atoms with Crippen molar-refractivity contribution < 1.29 is 13.2 Å². The smallest absolute Gasteiger partial charge is 0.261 e. The predicted molar refractivity (Wildman–Crippen MR) is 81.3 cm³/mol. The summed E-state index contributed by atoms with van der Waals surface area (Å²) in [5, 5.41) is 7.35. The monoisotopic (exact) mass is 305 g/mol. The van der Waals surface area contributed by atoms with Gasteiger partial charge in [0.15, 0.2) is 0 Å². The van der Waals surface area contributed by atoms with E-state index >= 15 is 0 Å². The van der Waals surface area contributed by atoms with Crippen LogP contribution in [0.15, 0.2) is 53.4 Å². The second-order valence-corrected chi connectivity index (χ2v) is 5.96. The van der Waals surface area contributed by atoms with E-state index in [1.54, 1.807) is 36.4 Å². The van der Waals surface area contributed by atoms with Gasteiger partial charge in [-0.25, -0.2) is 8.42 Å². The van der Waals surface area contributed by atoms with Gasteiger partial charge in [-0.05, 0) is 36.4 Å². The summed E-state index contributed by atoms with van der Waals surface area (Å²) in [6.07, 6.45) is 0. The quantitative estimate of drug-likeness (QED) is 0.578. The first-order chi connectivity index (χ1) is 9.92. The van der Waals surface area contributed by atoms with Crippen molar-refractivity contribution in [1.29, 1.82) is 5.41 Å². The zero-order valence-electron chi connectivity index (χ0n) is 11.3. The molecule has 110 valence electrons. The van der Waals surface area contributed by atoms with E-state index in [2.05, 4.69) is 4.72 Å². The highest BCUT2D eigenvalue weighted by Crippen LogP contribution is 2.19. The molecule has 6 nitrogen and oxygen atoms in total. The minimum Gasteiger partial charge on any atom is -0.497 e. The van der Waals surface area contributed by atoms with Gasteiger partial charge in [0, 0.05) is 11.3 Å². The third kappa shape index (κ3) is 3.51. The summed E-state index contributed by atoms with van der Waals surface area (Å²) in [6, 6.07) is 12.4. The van der Waals surface area contributed by atoms with Crippen LogP contribution in [0.1, 0.15) is 5.56 Å². The molecule has 0 aromatic heterocycles. The molecule has 2 rings (SSSR count). The number of anilines is 1. The Morgan fingerprint density at radius 1 is 1.19 bits per heavy atom. The number of hydrogen-bond donors (Lipinski definition) is 3. The fraction of sp³-hybridized carbons (Fsp3) is 0.0714. The first-order valence-corrected chi connectivity index (χ1v) is 7.52. The lowest BCUT2D eigenvalue weighted by molar-refractivity contribution is 0.415. The van der Waals surface area contributed by atoms with Gasteiger partial charge in [-0.2, -0.15) is 0 Å². The van der Waals surface area contributed by atoms with Crippen molar-refractivity contribution in [3.05, 3.63) is 54.1 Å². The average molecular weight is 305 g/mol. The van der Waals surface area contributed by atoms with Gasteiger partial charge in [0.25, 0.3) is 10.0 Å². The molecule has 21 heavy (non-hydrogen) atoms. The van der Waals surface area contributed by atoms with E-state index < -0.39 is 10.0 Å². The van der Waals surface area contributed by atoms with Crippen molar-refractivity contribution in [2.45, 2.75) is 4.90 Å². The van der Waals surface area contributed by atoms with E-state index in [9.17, 15) is 8.42 Å². The lowest BCUT2D eigenvalue weighted by Crippen LogP contribution is -2.15. The van der Waals surface area contributed by atoms with E-state index in [1.165, 1.54) is 19.2 Å². The lowest BCUT2D eigenvalue weighted by Gasteiger charge is -2.09. The Hall–Kier alpha value is -2.54. The molecule has 7 heteroatoms. The van der Waals surface area contributed by atoms with Crippen LogP contribution in [0.25, 0.3) is 0 Å². The van der Waals surface area contributed by atoms with Gasteiger partial charge in [-0.15, -0.1) is 0 Å². The number of rotatable bonds is 5. The number of sulfonamides is 1. The molecule has 0 heterocycles. The Balaban J connectivity index is 2.29. The van der Waals surface area contributed by atoms with Crippen molar-refractivity contribution in [2.75, 3.05) is 11.8 Å². The summed E-state index contributed by atoms with van der Waals surface area (Å²) in [4.78, 5) is 0.0472. The van der Waals surface area contributed by atoms with Crippen molar-refractivity contribution in [3.8, 4) is 5.75 Å². The van der Waals surface area contributed by atoms with Gasteiger partial charge in [0.2, 0.25) is 0 Å². The molecule has 0 spiro atoms. The van der Waals surface area contributed by atoms with Crippen LogP contribution in [0, 0.1) is 5.41 Å². The van der Waals surface area contributed by atoms with Crippen LogP contribution in [0.2, 0.25) is 0 Å². The highest BCUT2D eigenvalue weighted by Gasteiger charge is 2.15. The zero-order valence-corrected chi connectivity index (χ0v) is 12.1. The molecule has 0 aliphatic carbocycles. The molecule has 0 saturated heterocycles. The lowest BCUT2D eigenvalue weighted by atomic mass is 10.2. The van der Waals surface area contributed by atoms with Crippen molar-refractivity contribution >= 4 is 21.5 Å². The fourth-order valence-corrected chi connectivity index (χ4v) is 2.81. The molecular formula is C14H15N3O3S. The maximum Gasteiger partial charge on any atom is 0.261 e. The van der Waals surface area contributed by atoms with Crippen LogP contribution in [-0.2, 0) is 10.0 Å². The number of nitrogen functional groups attached to an aromatic ring is 1. The second-order valence-electron chi connectivity index (χ2n) is 4.28. The maximum absolute atomic E-state index is 12.3. The largest absolute Gasteiger partial charge is 0.497 e. The van der Waals surface area contributed by atoms with E-state index in [1.807, 2.05) is 0 Å². The fourth-order valence-electron chi connectivity index (χ4n) is 1.70. The molecule has 0 aliphatic heterocycles. The number of nitrogens with two attached hydrogens (primary N) is 1. The second kappa shape index (κ2) is 5.84. The summed E-state index contributed by atoms with van der Waals surface area (Å²) in [5.41, 5.74) is 6.14. The Morgan fingerprint density at radius 2 is 1.86 bits per heavy atom. The minimum absolute atomic E-state index is 0.0472. The summed E-state index contributed by atoms with van der Waals surface area (Å²) < 4.78 is 32.0. The molecule has 2 aromatic carbocycles. The van der Waals surface area contributed by atoms with E-state index in [0.717, 1.165) is 0 Å². The van der Waals surface area contributed by atoms with Gasteiger partial charge >= 0.3 is 0 Å². The van der Waals surface area contributed by atoms with E-state index in [-0.39, 0.29) is 10.7 Å². The van der Waals surface area contributed by atoms with Crippen LogP contribution in [-0.4, -0.2) is 21.4 Å². The standard InChI is InChI=1S/C14H15N3O3S/c1-20-12-7-5-11(6-8-12)17-21(18,19)13-4-2-3-10(9-13)14(15)16/h2-9,17H,1H3,(H3,15,16). The molecule has 0 atom stereocenters. The Kier molecular flexibility index (Phi) is 4.13. The molecule has 4 N–H and O–H groups in total. The molecule has 0 saturated carbocycles. The van der Waals surface area contributed by atoms with E-state index in [0.29, 0.717) is 17.0 Å².